The molecule has 1 aromatic carbocycles. The standard InChI is InChI=1S/C28H41N5O5/c1-20(2)19-32(23-16-21(17-29-18-23)26(35)31-11-14-38-15-12-31)27(36)25-24(10-6-7-13-34)33(28(37)30-25)22-8-4-3-5-9-22/h3-5,8-9,20-21,23,29,34H,6-7,10-19H2,1-2H3,(H,30,37)/t21-,23+/m1/s1. The molecule has 2 aliphatic heterocycles. The molecule has 2 fully saturated rings. The minimum atomic E-state index is -0.356. The molecule has 0 bridgehead atoms. The number of ether oxygens (including phenoxy) is 1. The first-order valence-electron chi connectivity index (χ1n) is 13.8. The summed E-state index contributed by atoms with van der Waals surface area (Å²) in [5, 5.41) is 12.7. The number of unbranched alkanes of at least 4 members (excludes halogenated alkanes) is 1. The fourth-order valence-corrected chi connectivity index (χ4v) is 5.46. The van der Waals surface area contributed by atoms with Gasteiger partial charge in [0, 0.05) is 45.4 Å². The van der Waals surface area contributed by atoms with Crippen molar-refractivity contribution < 1.29 is 19.4 Å². The molecule has 0 unspecified atom stereocenters. The van der Waals surface area contributed by atoms with E-state index in [0.29, 0.717) is 88.7 Å². The average Bonchev–Trinajstić information content (AvgIpc) is 3.27. The Morgan fingerprint density at radius 1 is 1.13 bits per heavy atom. The molecule has 10 nitrogen and oxygen atoms in total. The molecule has 2 atom stereocenters. The van der Waals surface area contributed by atoms with Crippen molar-refractivity contribution in [2.75, 3.05) is 52.5 Å². The number of nitrogens with one attached hydrogen (secondary N) is 2. The van der Waals surface area contributed by atoms with Gasteiger partial charge in [0.15, 0.2) is 0 Å². The molecule has 0 spiro atoms. The minimum Gasteiger partial charge on any atom is -0.396 e. The van der Waals surface area contributed by atoms with Crippen molar-refractivity contribution in [3.63, 3.8) is 0 Å². The van der Waals surface area contributed by atoms with E-state index in [0.717, 1.165) is 0 Å². The third-order valence-electron chi connectivity index (χ3n) is 7.31. The topological polar surface area (TPSA) is 120 Å². The van der Waals surface area contributed by atoms with E-state index >= 15 is 0 Å². The maximum absolute atomic E-state index is 14.2. The molecule has 1 aromatic heterocycles. The van der Waals surface area contributed by atoms with Crippen LogP contribution in [0, 0.1) is 11.8 Å². The number of carbonyl (C=O) groups excluding carboxylic acids is 2. The first-order valence-corrected chi connectivity index (χ1v) is 13.8. The second kappa shape index (κ2) is 13.2. The van der Waals surface area contributed by atoms with E-state index in [4.69, 9.17) is 4.74 Å². The van der Waals surface area contributed by atoms with Gasteiger partial charge in [-0.05, 0) is 43.7 Å². The lowest BCUT2D eigenvalue weighted by Crippen LogP contribution is -2.56. The van der Waals surface area contributed by atoms with Gasteiger partial charge in [-0.15, -0.1) is 0 Å². The molecule has 2 saturated heterocycles. The highest BCUT2D eigenvalue weighted by atomic mass is 16.5. The number of H-pyrrole nitrogens is 1. The highest BCUT2D eigenvalue weighted by molar-refractivity contribution is 5.94. The molecule has 2 aliphatic rings. The van der Waals surface area contributed by atoms with Crippen LogP contribution in [0.25, 0.3) is 5.69 Å². The third kappa shape index (κ3) is 6.54. The number of aromatic nitrogens is 2. The summed E-state index contributed by atoms with van der Waals surface area (Å²) in [6.07, 6.45) is 2.28. The van der Waals surface area contributed by atoms with Crippen LogP contribution in [0.2, 0.25) is 0 Å². The SMILES string of the molecule is CC(C)CN(C(=O)c1[nH]c(=O)n(-c2ccccc2)c1CCCCO)[C@@H]1CNC[C@H](C(=O)N2CCOCC2)C1. The number of rotatable bonds is 10. The Labute approximate surface area is 224 Å². The fraction of sp³-hybridized carbons (Fsp3) is 0.607. The maximum Gasteiger partial charge on any atom is 0.330 e. The fourth-order valence-electron chi connectivity index (χ4n) is 5.46. The van der Waals surface area contributed by atoms with Gasteiger partial charge in [-0.1, -0.05) is 32.0 Å². The monoisotopic (exact) mass is 527 g/mol. The summed E-state index contributed by atoms with van der Waals surface area (Å²) >= 11 is 0. The predicted octanol–water partition coefficient (Wildman–Crippen LogP) is 1.42. The first kappa shape index (κ1) is 28.1. The number of benzene rings is 1. The van der Waals surface area contributed by atoms with E-state index in [1.165, 1.54) is 0 Å². The summed E-state index contributed by atoms with van der Waals surface area (Å²) < 4.78 is 6.97. The van der Waals surface area contributed by atoms with E-state index in [-0.39, 0.29) is 42.0 Å². The van der Waals surface area contributed by atoms with Crippen LogP contribution in [-0.4, -0.2) is 94.9 Å². The van der Waals surface area contributed by atoms with Gasteiger partial charge in [0.25, 0.3) is 5.91 Å². The maximum atomic E-state index is 14.2. The summed E-state index contributed by atoms with van der Waals surface area (Å²) in [5.74, 6) is -0.132. The average molecular weight is 528 g/mol. The second-order valence-electron chi connectivity index (χ2n) is 10.6. The lowest BCUT2D eigenvalue weighted by molar-refractivity contribution is -0.140. The van der Waals surface area contributed by atoms with Crippen molar-refractivity contribution in [3.05, 3.63) is 52.2 Å². The molecule has 3 N–H and O–H groups in total. The largest absolute Gasteiger partial charge is 0.396 e. The molecule has 38 heavy (non-hydrogen) atoms. The number of para-hydroxylation sites is 1. The van der Waals surface area contributed by atoms with Crippen molar-refractivity contribution in [2.45, 2.75) is 45.6 Å². The summed E-state index contributed by atoms with van der Waals surface area (Å²) in [7, 11) is 0. The van der Waals surface area contributed by atoms with Gasteiger partial charge < -0.3 is 29.9 Å². The molecule has 2 amide bonds. The Morgan fingerprint density at radius 3 is 2.55 bits per heavy atom. The molecule has 0 saturated carbocycles. The number of carbonyl (C=O) groups is 2. The van der Waals surface area contributed by atoms with Gasteiger partial charge in [0.1, 0.15) is 5.69 Å². The quantitative estimate of drug-likeness (QED) is 0.402. The van der Waals surface area contributed by atoms with Gasteiger partial charge in [-0.25, -0.2) is 4.79 Å². The van der Waals surface area contributed by atoms with Crippen molar-refractivity contribution in [2.24, 2.45) is 11.8 Å². The van der Waals surface area contributed by atoms with Crippen LogP contribution < -0.4 is 11.0 Å². The number of hydrogen-bond acceptors (Lipinski definition) is 6. The zero-order valence-corrected chi connectivity index (χ0v) is 22.5. The Balaban J connectivity index is 1.63. The number of piperidine rings is 1. The summed E-state index contributed by atoms with van der Waals surface area (Å²) in [6, 6.07) is 9.11. The van der Waals surface area contributed by atoms with Crippen molar-refractivity contribution >= 4 is 11.8 Å². The van der Waals surface area contributed by atoms with Gasteiger partial charge in [-0.2, -0.15) is 0 Å². The van der Waals surface area contributed by atoms with Crippen molar-refractivity contribution in [1.82, 2.24) is 24.7 Å². The number of nitrogens with zero attached hydrogens (tertiary/aromatic N) is 3. The highest BCUT2D eigenvalue weighted by Crippen LogP contribution is 2.24. The Kier molecular flexibility index (Phi) is 9.76. The molecule has 4 rings (SSSR count). The van der Waals surface area contributed by atoms with Crippen LogP contribution in [0.1, 0.15) is 49.3 Å². The normalized spacial score (nSPS) is 20.1. The predicted molar refractivity (Wildman–Crippen MR) is 144 cm³/mol. The van der Waals surface area contributed by atoms with E-state index < -0.39 is 0 Å². The smallest absolute Gasteiger partial charge is 0.330 e. The molecular formula is C28H41N5O5. The number of hydrogen-bond donors (Lipinski definition) is 3. The zero-order chi connectivity index (χ0) is 27.1. The molecule has 208 valence electrons. The van der Waals surface area contributed by atoms with Crippen molar-refractivity contribution in [1.29, 1.82) is 0 Å². The van der Waals surface area contributed by atoms with Crippen LogP contribution in [0.3, 0.4) is 0 Å². The summed E-state index contributed by atoms with van der Waals surface area (Å²) in [6.45, 7) is 8.17. The molecule has 3 heterocycles. The van der Waals surface area contributed by atoms with Crippen molar-refractivity contribution in [3.8, 4) is 5.69 Å². The van der Waals surface area contributed by atoms with E-state index in [1.54, 1.807) is 4.57 Å². The minimum absolute atomic E-state index is 0.0506. The number of morpholine rings is 1. The Hall–Kier alpha value is -2.95. The van der Waals surface area contributed by atoms with Crippen LogP contribution in [-0.2, 0) is 16.0 Å². The van der Waals surface area contributed by atoms with Crippen LogP contribution >= 0.6 is 0 Å². The molecular weight excluding hydrogens is 486 g/mol. The summed E-state index contributed by atoms with van der Waals surface area (Å²) in [5.41, 5.74) is 1.25. The first-order chi connectivity index (χ1) is 18.4. The van der Waals surface area contributed by atoms with Gasteiger partial charge in [-0.3, -0.25) is 14.2 Å². The molecule has 2 aromatic rings. The number of aliphatic hydroxyl groups is 1. The second-order valence-corrected chi connectivity index (χ2v) is 10.6. The number of amides is 2. The van der Waals surface area contributed by atoms with E-state index in [1.807, 2.05) is 40.1 Å². The Bertz CT molecular complexity index is 1120. The van der Waals surface area contributed by atoms with Gasteiger partial charge in [0.05, 0.1) is 30.5 Å². The van der Waals surface area contributed by atoms with Gasteiger partial charge in [0.2, 0.25) is 5.91 Å². The van der Waals surface area contributed by atoms with E-state index in [2.05, 4.69) is 24.1 Å². The Morgan fingerprint density at radius 2 is 1.87 bits per heavy atom. The van der Waals surface area contributed by atoms with Gasteiger partial charge >= 0.3 is 5.69 Å². The zero-order valence-electron chi connectivity index (χ0n) is 22.5. The third-order valence-corrected chi connectivity index (χ3v) is 7.31. The molecule has 0 aliphatic carbocycles. The lowest BCUT2D eigenvalue weighted by Gasteiger charge is -2.40. The number of aromatic amines is 1. The van der Waals surface area contributed by atoms with Crippen LogP contribution in [0.15, 0.2) is 35.1 Å². The highest BCUT2D eigenvalue weighted by Gasteiger charge is 2.37. The van der Waals surface area contributed by atoms with E-state index in [9.17, 15) is 19.5 Å². The molecule has 0 radical (unpaired) electrons. The summed E-state index contributed by atoms with van der Waals surface area (Å²) in [4.78, 5) is 47.1. The van der Waals surface area contributed by atoms with Crippen LogP contribution in [0.5, 0.6) is 0 Å². The van der Waals surface area contributed by atoms with Crippen LogP contribution in [0.4, 0.5) is 0 Å². The lowest BCUT2D eigenvalue weighted by atomic mass is 9.92. The molecule has 10 heteroatoms. The number of imidazole rings is 1. The number of aliphatic hydroxyl groups excluding tert-OH is 1.